The van der Waals surface area contributed by atoms with Crippen LogP contribution in [0.5, 0.6) is 0 Å². The molecule has 0 aliphatic heterocycles. The molecule has 0 spiro atoms. The summed E-state index contributed by atoms with van der Waals surface area (Å²) in [5.74, 6) is -0.640. The van der Waals surface area contributed by atoms with Gasteiger partial charge in [0, 0.05) is 10.8 Å². The summed E-state index contributed by atoms with van der Waals surface area (Å²) < 4.78 is 16.3. The van der Waals surface area contributed by atoms with E-state index < -0.39 is 34.7 Å². The van der Waals surface area contributed by atoms with Crippen LogP contribution in [0.15, 0.2) is 0 Å². The summed E-state index contributed by atoms with van der Waals surface area (Å²) in [5, 5.41) is 16.8. The Morgan fingerprint density at radius 1 is 1.53 bits per heavy atom. The second-order valence-electron chi connectivity index (χ2n) is 3.19. The average Bonchev–Trinajstić information content (AvgIpc) is 2.24. The molecule has 3 atom stereocenters. The number of hydrogen-bond acceptors (Lipinski definition) is 5. The Bertz CT molecular complexity index is 219. The first-order valence-electron chi connectivity index (χ1n) is 4.85. The third kappa shape index (κ3) is 5.86. The normalized spacial score (nSPS) is 16.8. The van der Waals surface area contributed by atoms with Gasteiger partial charge in [0.15, 0.2) is 0 Å². The van der Waals surface area contributed by atoms with Gasteiger partial charge in [0.05, 0.1) is 25.1 Å². The molecular formula is C9H18O5S. The summed E-state index contributed by atoms with van der Waals surface area (Å²) in [6.07, 6.45) is -0.336. The standard InChI is InChI=1S/C9H18O5S/c1-3-4-14-9(12)7(2)15(13)6-8(11)5-10/h7-8,10-11H,3-6H2,1-2H3. The van der Waals surface area contributed by atoms with Crippen molar-refractivity contribution < 1.29 is 24.0 Å². The predicted octanol–water partition coefficient (Wildman–Crippen LogP) is -0.570. The van der Waals surface area contributed by atoms with E-state index in [0.717, 1.165) is 0 Å². The van der Waals surface area contributed by atoms with E-state index in [1.807, 2.05) is 6.92 Å². The highest BCUT2D eigenvalue weighted by Crippen LogP contribution is 2.02. The van der Waals surface area contributed by atoms with Gasteiger partial charge in [-0.2, -0.15) is 0 Å². The molecule has 0 amide bonds. The van der Waals surface area contributed by atoms with Crippen molar-refractivity contribution in [1.29, 1.82) is 0 Å². The second kappa shape index (κ2) is 7.78. The van der Waals surface area contributed by atoms with Gasteiger partial charge < -0.3 is 14.9 Å². The van der Waals surface area contributed by atoms with E-state index >= 15 is 0 Å². The Labute approximate surface area is 91.9 Å². The van der Waals surface area contributed by atoms with Gasteiger partial charge in [0.1, 0.15) is 5.25 Å². The SMILES string of the molecule is CCCOC(=O)C(C)S(=O)CC(O)CO. The van der Waals surface area contributed by atoms with Crippen molar-refractivity contribution in [2.45, 2.75) is 31.6 Å². The zero-order valence-electron chi connectivity index (χ0n) is 9.01. The van der Waals surface area contributed by atoms with E-state index in [9.17, 15) is 9.00 Å². The van der Waals surface area contributed by atoms with E-state index in [1.165, 1.54) is 6.92 Å². The Morgan fingerprint density at radius 2 is 2.13 bits per heavy atom. The van der Waals surface area contributed by atoms with Crippen molar-refractivity contribution in [3.8, 4) is 0 Å². The van der Waals surface area contributed by atoms with Gasteiger partial charge in [-0.3, -0.25) is 9.00 Å². The highest BCUT2D eigenvalue weighted by molar-refractivity contribution is 7.86. The third-order valence-corrected chi connectivity index (χ3v) is 3.44. The van der Waals surface area contributed by atoms with Crippen LogP contribution in [0, 0.1) is 0 Å². The lowest BCUT2D eigenvalue weighted by Crippen LogP contribution is -2.31. The molecule has 0 saturated heterocycles. The van der Waals surface area contributed by atoms with Gasteiger partial charge in [-0.25, -0.2) is 0 Å². The fraction of sp³-hybridized carbons (Fsp3) is 0.889. The maximum absolute atomic E-state index is 11.5. The number of carbonyl (C=O) groups is 1. The molecule has 0 aliphatic carbocycles. The Kier molecular flexibility index (Phi) is 7.54. The first-order chi connectivity index (χ1) is 7.02. The predicted molar refractivity (Wildman–Crippen MR) is 56.8 cm³/mol. The Morgan fingerprint density at radius 3 is 2.60 bits per heavy atom. The minimum Gasteiger partial charge on any atom is -0.465 e. The quantitative estimate of drug-likeness (QED) is 0.580. The van der Waals surface area contributed by atoms with Crippen LogP contribution in [0.25, 0.3) is 0 Å². The lowest BCUT2D eigenvalue weighted by Gasteiger charge is -2.12. The molecule has 0 rings (SSSR count). The van der Waals surface area contributed by atoms with Gasteiger partial charge in [-0.15, -0.1) is 0 Å². The fourth-order valence-corrected chi connectivity index (χ4v) is 1.87. The van der Waals surface area contributed by atoms with Crippen LogP contribution in [-0.2, 0) is 20.3 Å². The molecule has 0 aliphatic rings. The van der Waals surface area contributed by atoms with Crippen LogP contribution < -0.4 is 0 Å². The summed E-state index contributed by atoms with van der Waals surface area (Å²) in [6, 6.07) is 0. The van der Waals surface area contributed by atoms with Crippen LogP contribution in [0.2, 0.25) is 0 Å². The summed E-state index contributed by atoms with van der Waals surface area (Å²) in [6.45, 7) is 3.20. The molecule has 0 saturated carbocycles. The zero-order chi connectivity index (χ0) is 11.8. The van der Waals surface area contributed by atoms with Crippen molar-refractivity contribution in [3.63, 3.8) is 0 Å². The molecule has 15 heavy (non-hydrogen) atoms. The monoisotopic (exact) mass is 238 g/mol. The summed E-state index contributed by atoms with van der Waals surface area (Å²) >= 11 is 0. The van der Waals surface area contributed by atoms with E-state index in [1.54, 1.807) is 0 Å². The molecule has 0 aromatic carbocycles. The lowest BCUT2D eigenvalue weighted by atomic mass is 10.4. The molecule has 0 aromatic heterocycles. The molecule has 0 radical (unpaired) electrons. The molecule has 5 nitrogen and oxygen atoms in total. The highest BCUT2D eigenvalue weighted by atomic mass is 32.2. The summed E-state index contributed by atoms with van der Waals surface area (Å²) in [5.41, 5.74) is 0. The number of rotatable bonds is 7. The number of aliphatic hydroxyl groups is 2. The van der Waals surface area contributed by atoms with Gasteiger partial charge >= 0.3 is 5.97 Å². The zero-order valence-corrected chi connectivity index (χ0v) is 9.83. The first-order valence-corrected chi connectivity index (χ1v) is 6.23. The van der Waals surface area contributed by atoms with Gasteiger partial charge in [0.2, 0.25) is 0 Å². The first kappa shape index (κ1) is 14.5. The smallest absolute Gasteiger partial charge is 0.321 e. The van der Waals surface area contributed by atoms with Crippen LogP contribution in [0.4, 0.5) is 0 Å². The third-order valence-electron chi connectivity index (χ3n) is 1.74. The topological polar surface area (TPSA) is 83.8 Å². The highest BCUT2D eigenvalue weighted by Gasteiger charge is 2.23. The van der Waals surface area contributed by atoms with Crippen molar-refractivity contribution in [2.75, 3.05) is 19.0 Å². The molecule has 0 aromatic rings. The summed E-state index contributed by atoms with van der Waals surface area (Å²) in [4.78, 5) is 11.3. The van der Waals surface area contributed by atoms with Crippen LogP contribution in [-0.4, -0.2) is 50.7 Å². The minimum absolute atomic E-state index is 0.112. The van der Waals surface area contributed by atoms with E-state index in [-0.39, 0.29) is 5.75 Å². The van der Waals surface area contributed by atoms with Crippen molar-refractivity contribution in [2.24, 2.45) is 0 Å². The molecule has 3 unspecified atom stereocenters. The largest absolute Gasteiger partial charge is 0.465 e. The van der Waals surface area contributed by atoms with Crippen LogP contribution in [0.3, 0.4) is 0 Å². The molecular weight excluding hydrogens is 220 g/mol. The summed E-state index contributed by atoms with van der Waals surface area (Å²) in [7, 11) is -1.51. The molecule has 6 heteroatoms. The fourth-order valence-electron chi connectivity index (χ4n) is 0.814. The van der Waals surface area contributed by atoms with Gasteiger partial charge in [-0.1, -0.05) is 6.92 Å². The number of aliphatic hydroxyl groups excluding tert-OH is 2. The van der Waals surface area contributed by atoms with E-state index in [4.69, 9.17) is 14.9 Å². The Hall–Kier alpha value is -0.460. The minimum atomic E-state index is -1.51. The molecule has 2 N–H and O–H groups in total. The number of hydrogen-bond donors (Lipinski definition) is 2. The average molecular weight is 238 g/mol. The lowest BCUT2D eigenvalue weighted by molar-refractivity contribution is -0.142. The van der Waals surface area contributed by atoms with Crippen molar-refractivity contribution >= 4 is 16.8 Å². The van der Waals surface area contributed by atoms with E-state index in [2.05, 4.69) is 0 Å². The van der Waals surface area contributed by atoms with Gasteiger partial charge in [-0.05, 0) is 13.3 Å². The van der Waals surface area contributed by atoms with E-state index in [0.29, 0.717) is 13.0 Å². The van der Waals surface area contributed by atoms with Crippen molar-refractivity contribution in [3.05, 3.63) is 0 Å². The molecule has 0 heterocycles. The second-order valence-corrected chi connectivity index (χ2v) is 5.00. The van der Waals surface area contributed by atoms with Crippen molar-refractivity contribution in [1.82, 2.24) is 0 Å². The molecule has 0 fully saturated rings. The number of esters is 1. The maximum atomic E-state index is 11.5. The maximum Gasteiger partial charge on any atom is 0.321 e. The number of ether oxygens (including phenoxy) is 1. The number of carbonyl (C=O) groups excluding carboxylic acids is 1. The molecule has 0 bridgehead atoms. The molecule has 90 valence electrons. The Balaban J connectivity index is 4.02. The van der Waals surface area contributed by atoms with Crippen LogP contribution in [0.1, 0.15) is 20.3 Å². The van der Waals surface area contributed by atoms with Gasteiger partial charge in [0.25, 0.3) is 0 Å². The van der Waals surface area contributed by atoms with Crippen LogP contribution >= 0.6 is 0 Å².